The first kappa shape index (κ1) is 10.8. The second-order valence-electron chi connectivity index (χ2n) is 3.14. The summed E-state index contributed by atoms with van der Waals surface area (Å²) in [7, 11) is 2.08. The molecule has 1 aromatic heterocycles. The lowest BCUT2D eigenvalue weighted by Crippen LogP contribution is -2.20. The topological polar surface area (TPSA) is 3.24 Å². The van der Waals surface area contributed by atoms with E-state index in [4.69, 9.17) is 11.6 Å². The fraction of sp³-hybridized carbons (Fsp3) is 0.400. The summed E-state index contributed by atoms with van der Waals surface area (Å²) in [5.74, 6) is 0.550. The summed E-state index contributed by atoms with van der Waals surface area (Å²) in [5, 5.41) is 2.10. The molecule has 0 atom stereocenters. The predicted octanol–water partition coefficient (Wildman–Crippen LogP) is 2.97. The molecule has 0 fully saturated rings. The van der Waals surface area contributed by atoms with Crippen LogP contribution in [0, 0.1) is 0 Å². The van der Waals surface area contributed by atoms with Crippen molar-refractivity contribution in [2.75, 3.05) is 19.5 Å². The van der Waals surface area contributed by atoms with Gasteiger partial charge >= 0.3 is 0 Å². The normalized spacial score (nSPS) is 10.7. The lowest BCUT2D eigenvalue weighted by atomic mass is 10.3. The molecule has 0 saturated carbocycles. The second-order valence-corrected chi connectivity index (χ2v) is 4.43. The van der Waals surface area contributed by atoms with Gasteiger partial charge < -0.3 is 0 Å². The average Bonchev–Trinajstić information content (AvgIpc) is 2.56. The third-order valence-electron chi connectivity index (χ3n) is 1.69. The third-order valence-corrected chi connectivity index (χ3v) is 2.93. The van der Waals surface area contributed by atoms with Gasteiger partial charge in [-0.1, -0.05) is 12.6 Å². The average molecular weight is 216 g/mol. The molecule has 13 heavy (non-hydrogen) atoms. The predicted molar refractivity (Wildman–Crippen MR) is 60.5 cm³/mol. The van der Waals surface area contributed by atoms with E-state index in [2.05, 4.69) is 36.0 Å². The van der Waals surface area contributed by atoms with Crippen LogP contribution in [0.3, 0.4) is 0 Å². The molecule has 1 nitrogen and oxygen atoms in total. The van der Waals surface area contributed by atoms with E-state index in [0.29, 0.717) is 5.88 Å². The maximum atomic E-state index is 5.65. The lowest BCUT2D eigenvalue weighted by Gasteiger charge is -2.15. The van der Waals surface area contributed by atoms with Gasteiger partial charge in [-0.05, 0) is 24.1 Å². The van der Waals surface area contributed by atoms with Crippen LogP contribution < -0.4 is 0 Å². The molecule has 0 N–H and O–H groups in total. The Balaban J connectivity index is 2.33. The van der Waals surface area contributed by atoms with Crippen LogP contribution in [0.5, 0.6) is 0 Å². The van der Waals surface area contributed by atoms with Crippen molar-refractivity contribution in [3.63, 3.8) is 0 Å². The molecule has 0 amide bonds. The van der Waals surface area contributed by atoms with E-state index in [-0.39, 0.29) is 0 Å². The van der Waals surface area contributed by atoms with Crippen LogP contribution >= 0.6 is 22.9 Å². The minimum absolute atomic E-state index is 0.550. The van der Waals surface area contributed by atoms with Crippen LogP contribution in [0.15, 0.2) is 29.7 Å². The zero-order valence-electron chi connectivity index (χ0n) is 7.79. The number of hydrogen-bond donors (Lipinski definition) is 0. The van der Waals surface area contributed by atoms with Crippen molar-refractivity contribution < 1.29 is 0 Å². The van der Waals surface area contributed by atoms with E-state index in [1.54, 1.807) is 11.3 Å². The van der Waals surface area contributed by atoms with Gasteiger partial charge in [-0.15, -0.1) is 22.9 Å². The Kier molecular flexibility index (Phi) is 4.50. The van der Waals surface area contributed by atoms with Crippen LogP contribution in [0.4, 0.5) is 0 Å². The van der Waals surface area contributed by atoms with Crippen LogP contribution in [0.2, 0.25) is 0 Å². The highest BCUT2D eigenvalue weighted by atomic mass is 35.5. The molecule has 0 saturated heterocycles. The van der Waals surface area contributed by atoms with Gasteiger partial charge in [0.15, 0.2) is 0 Å². The number of alkyl halides is 1. The van der Waals surface area contributed by atoms with Crippen molar-refractivity contribution in [2.24, 2.45) is 0 Å². The van der Waals surface area contributed by atoms with Crippen molar-refractivity contribution in [2.45, 2.75) is 6.54 Å². The Morgan fingerprint density at radius 1 is 1.69 bits per heavy atom. The molecule has 0 aliphatic heterocycles. The number of nitrogens with zero attached hydrogens (tertiary/aromatic N) is 1. The molecular weight excluding hydrogens is 202 g/mol. The number of halogens is 1. The Labute approximate surface area is 88.6 Å². The molecule has 0 unspecified atom stereocenters. The number of rotatable bonds is 5. The first-order chi connectivity index (χ1) is 6.22. The standard InChI is InChI=1S/C10H14ClNS/c1-9(6-11)7-12(2)8-10-4-3-5-13-10/h3-5H,1,6-8H2,2H3. The summed E-state index contributed by atoms with van der Waals surface area (Å²) >= 11 is 7.44. The molecule has 0 aliphatic rings. The van der Waals surface area contributed by atoms with Crippen molar-refractivity contribution in [3.05, 3.63) is 34.5 Å². The van der Waals surface area contributed by atoms with Crippen LogP contribution in [0.1, 0.15) is 4.88 Å². The molecule has 72 valence electrons. The maximum Gasteiger partial charge on any atom is 0.0443 e. The quantitative estimate of drug-likeness (QED) is 0.539. The fourth-order valence-electron chi connectivity index (χ4n) is 1.15. The number of likely N-dealkylation sites (N-methyl/N-ethyl adjacent to an activating group) is 1. The summed E-state index contributed by atoms with van der Waals surface area (Å²) in [6.07, 6.45) is 0. The van der Waals surface area contributed by atoms with Crippen molar-refractivity contribution in [1.82, 2.24) is 4.90 Å². The summed E-state index contributed by atoms with van der Waals surface area (Å²) in [6, 6.07) is 4.22. The molecular formula is C10H14ClNS. The second kappa shape index (κ2) is 5.43. The number of thiophene rings is 1. The molecule has 0 aliphatic carbocycles. The molecule has 0 radical (unpaired) electrons. The smallest absolute Gasteiger partial charge is 0.0443 e. The van der Waals surface area contributed by atoms with Gasteiger partial charge in [-0.3, -0.25) is 4.90 Å². The zero-order chi connectivity index (χ0) is 9.68. The van der Waals surface area contributed by atoms with Gasteiger partial charge in [0.05, 0.1) is 0 Å². The highest BCUT2D eigenvalue weighted by Crippen LogP contribution is 2.11. The Morgan fingerprint density at radius 2 is 2.46 bits per heavy atom. The van der Waals surface area contributed by atoms with E-state index in [1.807, 2.05) is 0 Å². The molecule has 0 bridgehead atoms. The summed E-state index contributed by atoms with van der Waals surface area (Å²) in [5.41, 5.74) is 1.07. The molecule has 1 rings (SSSR count). The molecule has 3 heteroatoms. The van der Waals surface area contributed by atoms with Crippen LogP contribution in [-0.4, -0.2) is 24.4 Å². The molecule has 1 heterocycles. The highest BCUT2D eigenvalue weighted by molar-refractivity contribution is 7.09. The Morgan fingerprint density at radius 3 is 3.00 bits per heavy atom. The Hall–Kier alpha value is -0.310. The van der Waals surface area contributed by atoms with Gasteiger partial charge in [-0.2, -0.15) is 0 Å². The van der Waals surface area contributed by atoms with E-state index in [9.17, 15) is 0 Å². The monoisotopic (exact) mass is 215 g/mol. The zero-order valence-corrected chi connectivity index (χ0v) is 9.37. The maximum absolute atomic E-state index is 5.65. The molecule has 0 spiro atoms. The highest BCUT2D eigenvalue weighted by Gasteiger charge is 2.02. The van der Waals surface area contributed by atoms with Gasteiger partial charge in [0.1, 0.15) is 0 Å². The van der Waals surface area contributed by atoms with Crippen molar-refractivity contribution >= 4 is 22.9 Å². The summed E-state index contributed by atoms with van der Waals surface area (Å²) < 4.78 is 0. The van der Waals surface area contributed by atoms with Crippen molar-refractivity contribution in [1.29, 1.82) is 0 Å². The molecule has 1 aromatic rings. The number of hydrogen-bond acceptors (Lipinski definition) is 2. The third kappa shape index (κ3) is 3.94. The van der Waals surface area contributed by atoms with Gasteiger partial charge in [-0.25, -0.2) is 0 Å². The van der Waals surface area contributed by atoms with Gasteiger partial charge in [0.2, 0.25) is 0 Å². The lowest BCUT2D eigenvalue weighted by molar-refractivity contribution is 0.359. The summed E-state index contributed by atoms with van der Waals surface area (Å²) in [6.45, 7) is 5.73. The minimum Gasteiger partial charge on any atom is -0.297 e. The molecule has 0 aromatic carbocycles. The van der Waals surface area contributed by atoms with E-state index in [0.717, 1.165) is 18.7 Å². The van der Waals surface area contributed by atoms with Crippen LogP contribution in [0.25, 0.3) is 0 Å². The summed E-state index contributed by atoms with van der Waals surface area (Å²) in [4.78, 5) is 3.60. The van der Waals surface area contributed by atoms with E-state index < -0.39 is 0 Å². The first-order valence-electron chi connectivity index (χ1n) is 4.16. The Bertz CT molecular complexity index is 256. The first-order valence-corrected chi connectivity index (χ1v) is 5.57. The van der Waals surface area contributed by atoms with E-state index in [1.165, 1.54) is 4.88 Å². The van der Waals surface area contributed by atoms with Crippen molar-refractivity contribution in [3.8, 4) is 0 Å². The largest absolute Gasteiger partial charge is 0.297 e. The van der Waals surface area contributed by atoms with E-state index >= 15 is 0 Å². The van der Waals surface area contributed by atoms with Gasteiger partial charge in [0, 0.05) is 23.8 Å². The minimum atomic E-state index is 0.550. The fourth-order valence-corrected chi connectivity index (χ4v) is 2.02. The van der Waals surface area contributed by atoms with Crippen LogP contribution in [-0.2, 0) is 6.54 Å². The SMILES string of the molecule is C=C(CCl)CN(C)Cc1cccs1. The van der Waals surface area contributed by atoms with Gasteiger partial charge in [0.25, 0.3) is 0 Å².